The van der Waals surface area contributed by atoms with E-state index < -0.39 is 29.9 Å². The number of rotatable bonds is 7. The van der Waals surface area contributed by atoms with Gasteiger partial charge in [0.1, 0.15) is 9.79 Å². The Labute approximate surface area is 201 Å². The average Bonchev–Trinajstić information content (AvgIpc) is 3.18. The van der Waals surface area contributed by atoms with Gasteiger partial charge in [0.25, 0.3) is 10.1 Å². The monoisotopic (exact) mass is 476 g/mol. The van der Waals surface area contributed by atoms with Gasteiger partial charge in [-0.05, 0) is 35.7 Å². The smallest absolute Gasteiger partial charge is 0.296 e. The summed E-state index contributed by atoms with van der Waals surface area (Å²) in [6.07, 6.45) is 0. The Morgan fingerprint density at radius 1 is 1.03 bits per heavy atom. The summed E-state index contributed by atoms with van der Waals surface area (Å²) in [5, 5.41) is 10.2. The summed E-state index contributed by atoms with van der Waals surface area (Å²) in [5.74, 6) is 0. The zero-order valence-electron chi connectivity index (χ0n) is 16.3. The first kappa shape index (κ1) is 24.8. The van der Waals surface area contributed by atoms with Crippen LogP contribution < -0.4 is 15.4 Å². The number of hydrogen-bond acceptors (Lipinski definition) is 7. The van der Waals surface area contributed by atoms with Gasteiger partial charge >= 0.3 is 0 Å². The quantitative estimate of drug-likeness (QED) is 0.353. The van der Waals surface area contributed by atoms with Gasteiger partial charge in [-0.2, -0.15) is 8.42 Å². The summed E-state index contributed by atoms with van der Waals surface area (Å²) >= 11 is 1.47. The van der Waals surface area contributed by atoms with Crippen molar-refractivity contribution < 1.29 is 21.4 Å². The van der Waals surface area contributed by atoms with Gasteiger partial charge < -0.3 is 10.2 Å². The van der Waals surface area contributed by atoms with E-state index in [9.17, 15) is 21.4 Å². The standard InChI is InChI=1S/C18H19N3O5S3.Na/c1-21(13-6-3-2-4-7-13)16-10-15(20-12-14-8-5-9-27-14)17(29(24,25)26)11-18(16)28(19,22)23;/h2-11,20H,12H2,1H3,(H2,19,22,23)(H,24,25,26);. The SMILES string of the molecule is CN(c1ccccc1)c1cc(NCc2cccs2)c(S(=O)(=O)O)cc1S(N)(=O)=O.[Na]. The van der Waals surface area contributed by atoms with Crippen LogP contribution in [-0.4, -0.2) is 58.0 Å². The summed E-state index contributed by atoms with van der Waals surface area (Å²) in [6, 6.07) is 14.8. The van der Waals surface area contributed by atoms with Crippen LogP contribution in [0, 0.1) is 0 Å². The molecular weight excluding hydrogens is 457 g/mol. The van der Waals surface area contributed by atoms with Gasteiger partial charge in [0.2, 0.25) is 10.0 Å². The zero-order valence-corrected chi connectivity index (χ0v) is 20.8. The molecule has 30 heavy (non-hydrogen) atoms. The number of anilines is 3. The molecule has 1 aromatic heterocycles. The van der Waals surface area contributed by atoms with E-state index in [-0.39, 0.29) is 40.9 Å². The van der Waals surface area contributed by atoms with Crippen molar-refractivity contribution in [3.05, 3.63) is 64.9 Å². The number of nitrogens with one attached hydrogen (secondary N) is 1. The van der Waals surface area contributed by atoms with E-state index in [1.54, 1.807) is 36.2 Å². The fourth-order valence-electron chi connectivity index (χ4n) is 2.78. The average molecular weight is 477 g/mol. The minimum absolute atomic E-state index is 0. The summed E-state index contributed by atoms with van der Waals surface area (Å²) in [7, 11) is -7.36. The van der Waals surface area contributed by atoms with Crippen LogP contribution in [0.2, 0.25) is 0 Å². The molecule has 4 N–H and O–H groups in total. The van der Waals surface area contributed by atoms with E-state index in [1.807, 2.05) is 23.6 Å². The second-order valence-electron chi connectivity index (χ2n) is 6.16. The number of thiophene rings is 1. The molecule has 0 unspecified atom stereocenters. The van der Waals surface area contributed by atoms with Gasteiger partial charge in [-0.25, -0.2) is 13.6 Å². The van der Waals surface area contributed by atoms with Gasteiger partial charge in [0, 0.05) is 53.7 Å². The third kappa shape index (κ3) is 5.83. The van der Waals surface area contributed by atoms with Gasteiger partial charge in [-0.1, -0.05) is 24.3 Å². The Morgan fingerprint density at radius 3 is 2.23 bits per heavy atom. The number of nitrogens with two attached hydrogens (primary N) is 1. The molecule has 2 aromatic carbocycles. The third-order valence-corrected chi connectivity index (χ3v) is 6.89. The first-order valence-corrected chi connectivity index (χ1v) is 12.2. The van der Waals surface area contributed by atoms with Gasteiger partial charge in [-0.3, -0.25) is 4.55 Å². The van der Waals surface area contributed by atoms with E-state index in [1.165, 1.54) is 17.4 Å². The van der Waals surface area contributed by atoms with E-state index in [2.05, 4.69) is 5.32 Å². The minimum atomic E-state index is -4.71. The fourth-order valence-corrected chi connectivity index (χ4v) is 4.94. The molecule has 0 aliphatic rings. The molecule has 155 valence electrons. The van der Waals surface area contributed by atoms with Crippen molar-refractivity contribution in [3.8, 4) is 0 Å². The maximum Gasteiger partial charge on any atom is 0.296 e. The van der Waals surface area contributed by atoms with Crippen LogP contribution in [0.3, 0.4) is 0 Å². The van der Waals surface area contributed by atoms with Crippen LogP contribution in [0.15, 0.2) is 69.8 Å². The molecule has 1 radical (unpaired) electrons. The fraction of sp³-hybridized carbons (Fsp3) is 0.111. The van der Waals surface area contributed by atoms with Crippen molar-refractivity contribution in [3.63, 3.8) is 0 Å². The molecule has 3 aromatic rings. The number of primary sulfonamides is 1. The predicted molar refractivity (Wildman–Crippen MR) is 120 cm³/mol. The first-order valence-electron chi connectivity index (χ1n) is 8.31. The maximum absolute atomic E-state index is 12.2. The Bertz CT molecular complexity index is 1220. The normalized spacial score (nSPS) is 11.6. The summed E-state index contributed by atoms with van der Waals surface area (Å²) in [4.78, 5) is 1.52. The Kier molecular flexibility index (Phi) is 8.10. The molecule has 0 spiro atoms. The first-order chi connectivity index (χ1) is 13.6. The van der Waals surface area contributed by atoms with Crippen LogP contribution >= 0.6 is 11.3 Å². The Hall–Kier alpha value is -1.44. The van der Waals surface area contributed by atoms with Gasteiger partial charge in [-0.15, -0.1) is 11.3 Å². The predicted octanol–water partition coefficient (Wildman–Crippen LogP) is 2.64. The number of sulfonamides is 1. The summed E-state index contributed by atoms with van der Waals surface area (Å²) in [6.45, 7) is 0.295. The molecule has 0 atom stereocenters. The molecular formula is C18H19N3NaO5S3. The van der Waals surface area contributed by atoms with E-state index >= 15 is 0 Å². The molecule has 0 bridgehead atoms. The minimum Gasteiger partial charge on any atom is -0.379 e. The topological polar surface area (TPSA) is 130 Å². The molecule has 0 saturated heterocycles. The van der Waals surface area contributed by atoms with Gasteiger partial charge in [0.15, 0.2) is 0 Å². The van der Waals surface area contributed by atoms with E-state index in [0.717, 1.165) is 10.9 Å². The summed E-state index contributed by atoms with van der Waals surface area (Å²) in [5.41, 5.74) is 0.895. The zero-order chi connectivity index (χ0) is 21.2. The maximum atomic E-state index is 12.2. The number of hydrogen-bond donors (Lipinski definition) is 3. The third-order valence-electron chi connectivity index (χ3n) is 4.18. The van der Waals surface area contributed by atoms with Crippen molar-refractivity contribution in [2.45, 2.75) is 16.3 Å². The number of para-hydroxylation sites is 1. The van der Waals surface area contributed by atoms with E-state index in [4.69, 9.17) is 5.14 Å². The van der Waals surface area contributed by atoms with Crippen LogP contribution in [0.25, 0.3) is 0 Å². The molecule has 3 rings (SSSR count). The molecule has 8 nitrogen and oxygen atoms in total. The van der Waals surface area contributed by atoms with Crippen molar-refractivity contribution in [2.75, 3.05) is 17.3 Å². The van der Waals surface area contributed by atoms with Crippen LogP contribution in [0.4, 0.5) is 17.1 Å². The van der Waals surface area contributed by atoms with Crippen molar-refractivity contribution in [1.29, 1.82) is 0 Å². The molecule has 0 fully saturated rings. The van der Waals surface area contributed by atoms with Crippen LogP contribution in [-0.2, 0) is 26.7 Å². The van der Waals surface area contributed by atoms with Gasteiger partial charge in [0.05, 0.1) is 11.4 Å². The molecule has 1 heterocycles. The molecule has 12 heteroatoms. The van der Waals surface area contributed by atoms with Crippen molar-refractivity contribution in [1.82, 2.24) is 0 Å². The summed E-state index contributed by atoms with van der Waals surface area (Å²) < 4.78 is 57.8. The second-order valence-corrected chi connectivity index (χ2v) is 10.1. The van der Waals surface area contributed by atoms with Crippen LogP contribution in [0.5, 0.6) is 0 Å². The molecule has 0 aliphatic heterocycles. The van der Waals surface area contributed by atoms with E-state index in [0.29, 0.717) is 12.2 Å². The number of nitrogens with zero attached hydrogens (tertiary/aromatic N) is 1. The molecule has 0 amide bonds. The number of benzene rings is 2. The largest absolute Gasteiger partial charge is 0.379 e. The second kappa shape index (κ2) is 9.79. The Balaban J connectivity index is 0.00000320. The molecule has 0 saturated carbocycles. The van der Waals surface area contributed by atoms with Crippen molar-refractivity contribution in [2.24, 2.45) is 5.14 Å². The Morgan fingerprint density at radius 2 is 1.70 bits per heavy atom. The van der Waals surface area contributed by atoms with Crippen LogP contribution in [0.1, 0.15) is 4.88 Å². The van der Waals surface area contributed by atoms with Crippen molar-refractivity contribution >= 4 is 78.1 Å². The molecule has 0 aliphatic carbocycles.